The second-order valence-electron chi connectivity index (χ2n) is 4.95. The van der Waals surface area contributed by atoms with Gasteiger partial charge in [0, 0.05) is 21.0 Å². The largest absolute Gasteiger partial charge is 0.313 e. The molecule has 0 aliphatic carbocycles. The lowest BCUT2D eigenvalue weighted by atomic mass is 10.0. The van der Waals surface area contributed by atoms with Gasteiger partial charge >= 0.3 is 0 Å². The Balaban J connectivity index is 2.14. The first kappa shape index (κ1) is 16.6. The third-order valence-electron chi connectivity index (χ3n) is 3.32. The molecule has 0 saturated heterocycles. The lowest BCUT2D eigenvalue weighted by Crippen LogP contribution is -2.34. The summed E-state index contributed by atoms with van der Waals surface area (Å²) in [6.07, 6.45) is 2.09. The van der Waals surface area contributed by atoms with Gasteiger partial charge in [-0.25, -0.2) is 8.78 Å². The molecule has 1 unspecified atom stereocenters. The fourth-order valence-electron chi connectivity index (χ4n) is 2.23. The van der Waals surface area contributed by atoms with Crippen LogP contribution in [0.4, 0.5) is 8.78 Å². The third-order valence-corrected chi connectivity index (χ3v) is 5.27. The Labute approximate surface area is 136 Å². The highest BCUT2D eigenvalue weighted by molar-refractivity contribution is 9.10. The molecular formula is C16H18BrF2NS. The average Bonchev–Trinajstić information content (AvgIpc) is 2.85. The Hall–Kier alpha value is -0.780. The number of rotatable bonds is 7. The summed E-state index contributed by atoms with van der Waals surface area (Å²) in [5.41, 5.74) is 0.166. The zero-order valence-electron chi connectivity index (χ0n) is 11.8. The van der Waals surface area contributed by atoms with Crippen molar-refractivity contribution in [3.05, 3.63) is 56.2 Å². The van der Waals surface area contributed by atoms with Gasteiger partial charge in [-0.15, -0.1) is 11.3 Å². The van der Waals surface area contributed by atoms with Gasteiger partial charge in [-0.3, -0.25) is 0 Å². The SMILES string of the molecule is CCCNC(Cc1sccc1Br)Cc1c(F)cccc1F. The van der Waals surface area contributed by atoms with E-state index in [9.17, 15) is 8.78 Å². The van der Waals surface area contributed by atoms with Crippen molar-refractivity contribution in [2.24, 2.45) is 0 Å². The maximum absolute atomic E-state index is 13.8. The summed E-state index contributed by atoms with van der Waals surface area (Å²) in [5, 5.41) is 5.40. The fourth-order valence-corrected chi connectivity index (χ4v) is 3.83. The molecule has 0 aliphatic rings. The van der Waals surface area contributed by atoms with Crippen molar-refractivity contribution >= 4 is 27.3 Å². The van der Waals surface area contributed by atoms with Crippen LogP contribution in [0.3, 0.4) is 0 Å². The van der Waals surface area contributed by atoms with Gasteiger partial charge in [0.25, 0.3) is 0 Å². The Morgan fingerprint density at radius 3 is 2.48 bits per heavy atom. The van der Waals surface area contributed by atoms with Gasteiger partial charge in [-0.1, -0.05) is 13.0 Å². The summed E-state index contributed by atoms with van der Waals surface area (Å²) in [5.74, 6) is -0.938. The van der Waals surface area contributed by atoms with Crippen molar-refractivity contribution in [2.45, 2.75) is 32.2 Å². The van der Waals surface area contributed by atoms with E-state index >= 15 is 0 Å². The normalized spacial score (nSPS) is 12.6. The van der Waals surface area contributed by atoms with E-state index in [4.69, 9.17) is 0 Å². The number of hydrogen-bond acceptors (Lipinski definition) is 2. The Kier molecular flexibility index (Phi) is 6.33. The molecule has 5 heteroatoms. The number of benzene rings is 1. The predicted molar refractivity (Wildman–Crippen MR) is 87.9 cm³/mol. The van der Waals surface area contributed by atoms with Crippen molar-refractivity contribution in [1.82, 2.24) is 5.32 Å². The molecule has 2 rings (SSSR count). The highest BCUT2D eigenvalue weighted by Crippen LogP contribution is 2.25. The van der Waals surface area contributed by atoms with Gasteiger partial charge in [-0.05, 0) is 65.3 Å². The zero-order chi connectivity index (χ0) is 15.2. The van der Waals surface area contributed by atoms with Crippen molar-refractivity contribution in [2.75, 3.05) is 6.54 Å². The molecule has 1 heterocycles. The first-order valence-electron chi connectivity index (χ1n) is 7.00. The molecule has 21 heavy (non-hydrogen) atoms. The fraction of sp³-hybridized carbons (Fsp3) is 0.375. The number of hydrogen-bond donors (Lipinski definition) is 1. The molecule has 2 aromatic rings. The third kappa shape index (κ3) is 4.59. The van der Waals surface area contributed by atoms with Crippen LogP contribution in [0.2, 0.25) is 0 Å². The first-order valence-corrected chi connectivity index (χ1v) is 8.67. The lowest BCUT2D eigenvalue weighted by Gasteiger charge is -2.19. The van der Waals surface area contributed by atoms with E-state index in [1.807, 2.05) is 11.4 Å². The van der Waals surface area contributed by atoms with Crippen LogP contribution in [0.5, 0.6) is 0 Å². The van der Waals surface area contributed by atoms with Crippen LogP contribution < -0.4 is 5.32 Å². The molecule has 1 aromatic carbocycles. The van der Waals surface area contributed by atoms with Crippen LogP contribution >= 0.6 is 27.3 Å². The molecule has 0 amide bonds. The van der Waals surface area contributed by atoms with Crippen LogP contribution in [0.15, 0.2) is 34.1 Å². The molecule has 1 N–H and O–H groups in total. The van der Waals surface area contributed by atoms with Crippen LogP contribution in [-0.4, -0.2) is 12.6 Å². The summed E-state index contributed by atoms with van der Waals surface area (Å²) < 4.78 is 28.7. The Bertz CT molecular complexity index is 565. The van der Waals surface area contributed by atoms with Crippen molar-refractivity contribution in [3.63, 3.8) is 0 Å². The minimum absolute atomic E-state index is 0.0197. The van der Waals surface area contributed by atoms with Gasteiger partial charge in [0.2, 0.25) is 0 Å². The van der Waals surface area contributed by atoms with Crippen molar-refractivity contribution in [3.8, 4) is 0 Å². The quantitative estimate of drug-likeness (QED) is 0.724. The Morgan fingerprint density at radius 2 is 1.90 bits per heavy atom. The van der Waals surface area contributed by atoms with Gasteiger partial charge in [0.15, 0.2) is 0 Å². The number of nitrogens with one attached hydrogen (secondary N) is 1. The van der Waals surface area contributed by atoms with Crippen molar-refractivity contribution < 1.29 is 8.78 Å². The second kappa shape index (κ2) is 8.01. The minimum Gasteiger partial charge on any atom is -0.313 e. The predicted octanol–water partition coefficient (Wildman–Crippen LogP) is 4.94. The number of halogens is 3. The smallest absolute Gasteiger partial charge is 0.129 e. The van der Waals surface area contributed by atoms with Crippen molar-refractivity contribution in [1.29, 1.82) is 0 Å². The van der Waals surface area contributed by atoms with E-state index < -0.39 is 11.6 Å². The lowest BCUT2D eigenvalue weighted by molar-refractivity contribution is 0.476. The molecule has 1 atom stereocenters. The van der Waals surface area contributed by atoms with E-state index in [1.54, 1.807) is 11.3 Å². The molecule has 1 aromatic heterocycles. The molecule has 1 nitrogen and oxygen atoms in total. The molecule has 0 saturated carbocycles. The van der Waals surface area contributed by atoms with Gasteiger partial charge < -0.3 is 5.32 Å². The highest BCUT2D eigenvalue weighted by Gasteiger charge is 2.17. The van der Waals surface area contributed by atoms with Crippen LogP contribution in [0, 0.1) is 11.6 Å². The molecule has 0 bridgehead atoms. The summed E-state index contributed by atoms with van der Waals surface area (Å²) >= 11 is 5.17. The Morgan fingerprint density at radius 1 is 1.19 bits per heavy atom. The maximum atomic E-state index is 13.8. The van der Waals surface area contributed by atoms with E-state index in [1.165, 1.54) is 23.1 Å². The van der Waals surface area contributed by atoms with Crippen LogP contribution in [0.1, 0.15) is 23.8 Å². The average molecular weight is 374 g/mol. The first-order chi connectivity index (χ1) is 10.1. The topological polar surface area (TPSA) is 12.0 Å². The molecule has 0 radical (unpaired) electrons. The van der Waals surface area contributed by atoms with Gasteiger partial charge in [0.05, 0.1) is 0 Å². The summed E-state index contributed by atoms with van der Waals surface area (Å²) in [6, 6.07) is 6.05. The van der Waals surface area contributed by atoms with E-state index in [0.29, 0.717) is 6.42 Å². The molecule has 114 valence electrons. The van der Waals surface area contributed by atoms with Crippen LogP contribution in [0.25, 0.3) is 0 Å². The van der Waals surface area contributed by atoms with E-state index in [0.717, 1.165) is 23.9 Å². The molecule has 0 spiro atoms. The second-order valence-corrected chi connectivity index (χ2v) is 6.81. The van der Waals surface area contributed by atoms with E-state index in [-0.39, 0.29) is 11.6 Å². The summed E-state index contributed by atoms with van der Waals surface area (Å²) in [7, 11) is 0. The maximum Gasteiger partial charge on any atom is 0.129 e. The standard InChI is InChI=1S/C16H18BrF2NS/c1-2-7-20-11(10-16-13(17)6-8-21-16)9-12-14(18)4-3-5-15(12)19/h3-6,8,11,20H,2,7,9-10H2,1H3. The number of thiophene rings is 1. The summed E-state index contributed by atoms with van der Waals surface area (Å²) in [6.45, 7) is 2.92. The molecule has 0 aliphatic heterocycles. The minimum atomic E-state index is -0.469. The highest BCUT2D eigenvalue weighted by atomic mass is 79.9. The zero-order valence-corrected chi connectivity index (χ0v) is 14.2. The van der Waals surface area contributed by atoms with E-state index in [2.05, 4.69) is 28.2 Å². The van der Waals surface area contributed by atoms with Gasteiger partial charge in [-0.2, -0.15) is 0 Å². The van der Waals surface area contributed by atoms with Gasteiger partial charge in [0.1, 0.15) is 11.6 Å². The molecular weight excluding hydrogens is 356 g/mol. The van der Waals surface area contributed by atoms with Crippen LogP contribution in [-0.2, 0) is 12.8 Å². The monoisotopic (exact) mass is 373 g/mol. The molecule has 0 fully saturated rings. The summed E-state index contributed by atoms with van der Waals surface area (Å²) in [4.78, 5) is 1.19.